The summed E-state index contributed by atoms with van der Waals surface area (Å²) >= 11 is 0. The molecular weight excluding hydrogens is 308 g/mol. The first-order chi connectivity index (χ1) is 11.6. The molecule has 0 atom stereocenters. The highest BCUT2D eigenvalue weighted by Crippen LogP contribution is 2.27. The Morgan fingerprint density at radius 1 is 1.08 bits per heavy atom. The van der Waals surface area contributed by atoms with E-state index in [1.54, 1.807) is 31.2 Å². The molecule has 0 saturated heterocycles. The molecule has 0 fully saturated rings. The lowest BCUT2D eigenvalue weighted by Crippen LogP contribution is -2.22. The zero-order valence-electron chi connectivity index (χ0n) is 12.8. The Bertz CT molecular complexity index is 949. The van der Waals surface area contributed by atoms with Gasteiger partial charge in [-0.05, 0) is 31.2 Å². The van der Waals surface area contributed by atoms with Gasteiger partial charge in [0.05, 0.1) is 0 Å². The second-order valence-electron chi connectivity index (χ2n) is 5.10. The largest absolute Gasteiger partial charge is 0.476 e. The fraction of sp³-hybridized carbons (Fsp3) is 0.0556. The van der Waals surface area contributed by atoms with Crippen molar-refractivity contribution in [2.45, 2.75) is 6.92 Å². The Morgan fingerprint density at radius 3 is 2.46 bits per heavy atom. The van der Waals surface area contributed by atoms with Gasteiger partial charge in [0.1, 0.15) is 11.4 Å². The molecule has 120 valence electrons. The predicted molar refractivity (Wildman–Crippen MR) is 88.0 cm³/mol. The molecule has 0 bridgehead atoms. The van der Waals surface area contributed by atoms with E-state index in [1.165, 1.54) is 10.7 Å². The molecule has 0 aliphatic carbocycles. The Hall–Kier alpha value is -3.41. The van der Waals surface area contributed by atoms with Crippen LogP contribution in [0.2, 0.25) is 0 Å². The van der Waals surface area contributed by atoms with Crippen LogP contribution < -0.4 is 10.2 Å². The SMILES string of the molecule is Cc1cc(=O)c(C(=O)O)nn1-c1ccccc1Oc1ccccc1. The molecule has 3 aromatic rings. The van der Waals surface area contributed by atoms with Crippen LogP contribution in [0.1, 0.15) is 16.2 Å². The number of para-hydroxylation sites is 3. The molecule has 0 radical (unpaired) electrons. The number of ether oxygens (including phenoxy) is 1. The maximum atomic E-state index is 11.8. The van der Waals surface area contributed by atoms with Crippen molar-refractivity contribution in [3.8, 4) is 17.2 Å². The number of carboxylic acid groups (broad SMARTS) is 1. The highest BCUT2D eigenvalue weighted by Gasteiger charge is 2.16. The number of aromatic carboxylic acids is 1. The van der Waals surface area contributed by atoms with Crippen molar-refractivity contribution in [1.29, 1.82) is 0 Å². The van der Waals surface area contributed by atoms with E-state index in [4.69, 9.17) is 9.84 Å². The van der Waals surface area contributed by atoms with Gasteiger partial charge in [0.2, 0.25) is 11.1 Å². The lowest BCUT2D eigenvalue weighted by molar-refractivity contribution is 0.0686. The van der Waals surface area contributed by atoms with Gasteiger partial charge in [-0.25, -0.2) is 9.48 Å². The van der Waals surface area contributed by atoms with Gasteiger partial charge < -0.3 is 9.84 Å². The fourth-order valence-electron chi connectivity index (χ4n) is 2.27. The highest BCUT2D eigenvalue weighted by atomic mass is 16.5. The van der Waals surface area contributed by atoms with E-state index >= 15 is 0 Å². The fourth-order valence-corrected chi connectivity index (χ4v) is 2.27. The van der Waals surface area contributed by atoms with Crippen LogP contribution in [0.25, 0.3) is 5.69 Å². The molecule has 0 unspecified atom stereocenters. The maximum Gasteiger partial charge on any atom is 0.360 e. The number of rotatable bonds is 4. The van der Waals surface area contributed by atoms with Gasteiger partial charge in [0.25, 0.3) is 0 Å². The minimum absolute atomic E-state index is 0.499. The number of benzene rings is 2. The first-order valence-electron chi connectivity index (χ1n) is 7.23. The monoisotopic (exact) mass is 322 g/mol. The lowest BCUT2D eigenvalue weighted by Gasteiger charge is -2.15. The molecule has 1 N–H and O–H groups in total. The summed E-state index contributed by atoms with van der Waals surface area (Å²) in [5, 5.41) is 13.1. The second kappa shape index (κ2) is 6.37. The molecule has 0 aliphatic rings. The molecule has 1 heterocycles. The van der Waals surface area contributed by atoms with Crippen LogP contribution >= 0.6 is 0 Å². The van der Waals surface area contributed by atoms with Gasteiger partial charge in [-0.2, -0.15) is 5.10 Å². The minimum Gasteiger partial charge on any atom is -0.476 e. The zero-order valence-corrected chi connectivity index (χ0v) is 12.8. The van der Waals surface area contributed by atoms with E-state index in [0.717, 1.165) is 0 Å². The zero-order chi connectivity index (χ0) is 17.1. The Morgan fingerprint density at radius 2 is 1.75 bits per heavy atom. The van der Waals surface area contributed by atoms with Crippen molar-refractivity contribution in [2.75, 3.05) is 0 Å². The standard InChI is InChI=1S/C18H14N2O4/c1-12-11-15(21)17(18(22)23)19-20(12)14-9-5-6-10-16(14)24-13-7-3-2-4-8-13/h2-11H,1H3,(H,22,23). The Balaban J connectivity index is 2.12. The topological polar surface area (TPSA) is 81.4 Å². The van der Waals surface area contributed by atoms with Crippen LogP contribution in [-0.2, 0) is 0 Å². The average Bonchev–Trinajstić information content (AvgIpc) is 2.56. The van der Waals surface area contributed by atoms with Crippen LogP contribution in [0.15, 0.2) is 65.5 Å². The van der Waals surface area contributed by atoms with Crippen molar-refractivity contribution in [1.82, 2.24) is 9.78 Å². The van der Waals surface area contributed by atoms with Gasteiger partial charge >= 0.3 is 5.97 Å². The number of hydrogen-bond acceptors (Lipinski definition) is 4. The first-order valence-corrected chi connectivity index (χ1v) is 7.23. The Labute approximate surface area is 137 Å². The number of carboxylic acids is 1. The minimum atomic E-state index is -1.37. The smallest absolute Gasteiger partial charge is 0.360 e. The number of hydrogen-bond donors (Lipinski definition) is 1. The summed E-state index contributed by atoms with van der Waals surface area (Å²) in [6, 6.07) is 17.5. The van der Waals surface area contributed by atoms with E-state index < -0.39 is 17.1 Å². The molecule has 6 nitrogen and oxygen atoms in total. The summed E-state index contributed by atoms with van der Waals surface area (Å²) in [6.45, 7) is 1.68. The van der Waals surface area contributed by atoms with Gasteiger partial charge in [-0.3, -0.25) is 4.79 Å². The van der Waals surface area contributed by atoms with Crippen LogP contribution in [0.4, 0.5) is 0 Å². The summed E-state index contributed by atoms with van der Waals surface area (Å²) < 4.78 is 7.26. The van der Waals surface area contributed by atoms with E-state index in [-0.39, 0.29) is 0 Å². The summed E-state index contributed by atoms with van der Waals surface area (Å²) in [7, 11) is 0. The Kier molecular flexibility index (Phi) is 4.11. The van der Waals surface area contributed by atoms with E-state index in [9.17, 15) is 9.59 Å². The quantitative estimate of drug-likeness (QED) is 0.798. The van der Waals surface area contributed by atoms with Gasteiger partial charge in [-0.1, -0.05) is 30.3 Å². The van der Waals surface area contributed by atoms with Crippen LogP contribution in [0, 0.1) is 6.92 Å². The number of carbonyl (C=O) groups is 1. The van der Waals surface area contributed by atoms with Crippen LogP contribution in [0.5, 0.6) is 11.5 Å². The molecule has 2 aromatic carbocycles. The molecule has 0 aliphatic heterocycles. The number of aryl methyl sites for hydroxylation is 1. The molecular formula is C18H14N2O4. The van der Waals surface area contributed by atoms with Crippen molar-refractivity contribution in [2.24, 2.45) is 0 Å². The van der Waals surface area contributed by atoms with Gasteiger partial charge in [-0.15, -0.1) is 0 Å². The van der Waals surface area contributed by atoms with E-state index in [2.05, 4.69) is 5.10 Å². The molecule has 3 rings (SSSR count). The third-order valence-electron chi connectivity index (χ3n) is 3.37. The first kappa shape index (κ1) is 15.5. The molecule has 6 heteroatoms. The number of nitrogens with zero attached hydrogens (tertiary/aromatic N) is 2. The summed E-state index contributed by atoms with van der Waals surface area (Å²) in [5.74, 6) is -0.225. The van der Waals surface area contributed by atoms with Crippen molar-refractivity contribution in [3.63, 3.8) is 0 Å². The molecule has 1 aromatic heterocycles. The van der Waals surface area contributed by atoms with Gasteiger partial charge in [0.15, 0.2) is 5.75 Å². The second-order valence-corrected chi connectivity index (χ2v) is 5.10. The normalized spacial score (nSPS) is 10.4. The summed E-state index contributed by atoms with van der Waals surface area (Å²) in [4.78, 5) is 22.9. The third kappa shape index (κ3) is 3.03. The summed E-state index contributed by atoms with van der Waals surface area (Å²) in [5.41, 5.74) is -0.108. The molecule has 0 spiro atoms. The molecule has 0 amide bonds. The van der Waals surface area contributed by atoms with E-state index in [1.807, 2.05) is 30.3 Å². The van der Waals surface area contributed by atoms with Crippen LogP contribution in [0.3, 0.4) is 0 Å². The molecule has 24 heavy (non-hydrogen) atoms. The number of aromatic nitrogens is 2. The molecule has 0 saturated carbocycles. The van der Waals surface area contributed by atoms with Crippen molar-refractivity contribution in [3.05, 3.63) is 82.3 Å². The van der Waals surface area contributed by atoms with Crippen LogP contribution in [-0.4, -0.2) is 20.9 Å². The highest BCUT2D eigenvalue weighted by molar-refractivity contribution is 5.85. The maximum absolute atomic E-state index is 11.8. The lowest BCUT2D eigenvalue weighted by atomic mass is 10.2. The van der Waals surface area contributed by atoms with E-state index in [0.29, 0.717) is 22.9 Å². The predicted octanol–water partition coefficient (Wildman–Crippen LogP) is 3.03. The summed E-state index contributed by atoms with van der Waals surface area (Å²) in [6.07, 6.45) is 0. The average molecular weight is 322 g/mol. The van der Waals surface area contributed by atoms with Crippen molar-refractivity contribution < 1.29 is 14.6 Å². The van der Waals surface area contributed by atoms with Gasteiger partial charge in [0, 0.05) is 11.8 Å². The third-order valence-corrected chi connectivity index (χ3v) is 3.37. The van der Waals surface area contributed by atoms with Crippen molar-refractivity contribution >= 4 is 5.97 Å².